The van der Waals surface area contributed by atoms with Gasteiger partial charge in [0, 0.05) is 0 Å². The molecule has 0 amide bonds. The molecule has 0 spiro atoms. The summed E-state index contributed by atoms with van der Waals surface area (Å²) in [6.45, 7) is 3.61. The van der Waals surface area contributed by atoms with E-state index in [1.54, 1.807) is 13.8 Å². The summed E-state index contributed by atoms with van der Waals surface area (Å²) in [5.74, 6) is -0.456. The zero-order valence-electron chi connectivity index (χ0n) is 9.84. The number of nitrogens with one attached hydrogen (secondary N) is 1. The molecular formula is C10H11N5O3. The summed E-state index contributed by atoms with van der Waals surface area (Å²) in [5.41, 5.74) is 1.26. The van der Waals surface area contributed by atoms with E-state index in [2.05, 4.69) is 30.2 Å². The maximum Gasteiger partial charge on any atom is 0.339 e. The van der Waals surface area contributed by atoms with Crippen molar-refractivity contribution in [3.8, 4) is 0 Å². The summed E-state index contributed by atoms with van der Waals surface area (Å²) in [7, 11) is 0. The topological polar surface area (TPSA) is 114 Å². The molecule has 2 heterocycles. The minimum atomic E-state index is -1.05. The second kappa shape index (κ2) is 4.78. The minimum Gasteiger partial charge on any atom is -0.478 e. The van der Waals surface area contributed by atoms with Gasteiger partial charge in [0.25, 0.3) is 0 Å². The first-order chi connectivity index (χ1) is 8.59. The van der Waals surface area contributed by atoms with Crippen LogP contribution in [-0.2, 0) is 6.54 Å². The SMILES string of the molecule is Cc1nnc(NCc2ncon2)c(C(=O)O)c1C. The first-order valence-electron chi connectivity index (χ1n) is 5.16. The molecule has 0 atom stereocenters. The van der Waals surface area contributed by atoms with Crippen LogP contribution < -0.4 is 5.32 Å². The lowest BCUT2D eigenvalue weighted by atomic mass is 10.1. The van der Waals surface area contributed by atoms with Crippen LogP contribution in [0.2, 0.25) is 0 Å². The quantitative estimate of drug-likeness (QED) is 0.817. The number of rotatable bonds is 4. The molecule has 0 fully saturated rings. The number of aromatic nitrogens is 4. The highest BCUT2D eigenvalue weighted by molar-refractivity contribution is 5.94. The van der Waals surface area contributed by atoms with E-state index in [1.165, 1.54) is 6.39 Å². The number of aryl methyl sites for hydroxylation is 1. The Labute approximate surface area is 102 Å². The third-order valence-electron chi connectivity index (χ3n) is 2.49. The Morgan fingerprint density at radius 3 is 2.83 bits per heavy atom. The molecule has 0 bridgehead atoms. The van der Waals surface area contributed by atoms with Gasteiger partial charge in [-0.1, -0.05) is 5.16 Å². The number of aromatic carboxylic acids is 1. The number of anilines is 1. The van der Waals surface area contributed by atoms with Crippen LogP contribution in [0.25, 0.3) is 0 Å². The van der Waals surface area contributed by atoms with Crippen LogP contribution in [0, 0.1) is 13.8 Å². The van der Waals surface area contributed by atoms with E-state index in [4.69, 9.17) is 0 Å². The third kappa shape index (κ3) is 2.26. The van der Waals surface area contributed by atoms with E-state index < -0.39 is 5.97 Å². The predicted molar refractivity (Wildman–Crippen MR) is 60.1 cm³/mol. The molecule has 2 N–H and O–H groups in total. The van der Waals surface area contributed by atoms with E-state index in [0.29, 0.717) is 17.1 Å². The number of nitrogens with zero attached hydrogens (tertiary/aromatic N) is 4. The zero-order valence-corrected chi connectivity index (χ0v) is 9.84. The van der Waals surface area contributed by atoms with Gasteiger partial charge in [-0.3, -0.25) is 0 Å². The molecule has 8 heteroatoms. The molecule has 0 saturated carbocycles. The standard InChI is InChI=1S/C10H11N5O3/c1-5-6(2)13-14-9(8(5)10(16)17)11-3-7-12-4-18-15-7/h4H,3H2,1-2H3,(H,11,14)(H,16,17). The molecule has 0 aliphatic carbocycles. The molecule has 0 saturated heterocycles. The third-order valence-corrected chi connectivity index (χ3v) is 2.49. The van der Waals surface area contributed by atoms with Gasteiger partial charge in [-0.25, -0.2) is 4.79 Å². The van der Waals surface area contributed by atoms with E-state index in [-0.39, 0.29) is 17.9 Å². The number of hydrogen-bond acceptors (Lipinski definition) is 7. The van der Waals surface area contributed by atoms with E-state index in [1.807, 2.05) is 0 Å². The average molecular weight is 249 g/mol. The molecule has 2 aromatic heterocycles. The van der Waals surface area contributed by atoms with Crippen LogP contribution >= 0.6 is 0 Å². The molecule has 8 nitrogen and oxygen atoms in total. The van der Waals surface area contributed by atoms with Gasteiger partial charge in [0.1, 0.15) is 5.56 Å². The Balaban J connectivity index is 2.27. The van der Waals surface area contributed by atoms with Crippen molar-refractivity contribution < 1.29 is 14.4 Å². The lowest BCUT2D eigenvalue weighted by molar-refractivity contribution is 0.0696. The summed E-state index contributed by atoms with van der Waals surface area (Å²) in [5, 5.41) is 23.3. The van der Waals surface area contributed by atoms with Crippen LogP contribution in [0.5, 0.6) is 0 Å². The first-order valence-corrected chi connectivity index (χ1v) is 5.16. The van der Waals surface area contributed by atoms with Crippen LogP contribution in [0.4, 0.5) is 5.82 Å². The van der Waals surface area contributed by atoms with Crippen molar-refractivity contribution in [1.29, 1.82) is 0 Å². The van der Waals surface area contributed by atoms with Crippen molar-refractivity contribution in [3.63, 3.8) is 0 Å². The van der Waals surface area contributed by atoms with Crippen molar-refractivity contribution in [2.45, 2.75) is 20.4 Å². The predicted octanol–water partition coefficient (Wildman–Crippen LogP) is 0.787. The average Bonchev–Trinajstić information content (AvgIpc) is 2.83. The number of carbonyl (C=O) groups is 1. The van der Waals surface area contributed by atoms with E-state index in [0.717, 1.165) is 0 Å². The maximum absolute atomic E-state index is 11.2. The van der Waals surface area contributed by atoms with Gasteiger partial charge in [-0.05, 0) is 19.4 Å². The minimum absolute atomic E-state index is 0.103. The van der Waals surface area contributed by atoms with Crippen molar-refractivity contribution in [1.82, 2.24) is 20.3 Å². The molecular weight excluding hydrogens is 238 g/mol. The Morgan fingerprint density at radius 1 is 1.44 bits per heavy atom. The lowest BCUT2D eigenvalue weighted by Crippen LogP contribution is -2.13. The lowest BCUT2D eigenvalue weighted by Gasteiger charge is -2.09. The molecule has 94 valence electrons. The van der Waals surface area contributed by atoms with Gasteiger partial charge >= 0.3 is 5.97 Å². The van der Waals surface area contributed by atoms with Gasteiger partial charge in [0.15, 0.2) is 11.6 Å². The summed E-state index contributed by atoms with van der Waals surface area (Å²) >= 11 is 0. The molecule has 0 aromatic carbocycles. The highest BCUT2D eigenvalue weighted by Gasteiger charge is 2.17. The van der Waals surface area contributed by atoms with Gasteiger partial charge in [0.2, 0.25) is 6.39 Å². The summed E-state index contributed by atoms with van der Waals surface area (Å²) in [4.78, 5) is 15.0. The van der Waals surface area contributed by atoms with Crippen molar-refractivity contribution in [3.05, 3.63) is 29.0 Å². The van der Waals surface area contributed by atoms with E-state index in [9.17, 15) is 9.90 Å². The van der Waals surface area contributed by atoms with Crippen molar-refractivity contribution in [2.75, 3.05) is 5.32 Å². The van der Waals surface area contributed by atoms with E-state index >= 15 is 0 Å². The second-order valence-corrected chi connectivity index (χ2v) is 3.64. The Morgan fingerprint density at radius 2 is 2.22 bits per heavy atom. The van der Waals surface area contributed by atoms with Gasteiger partial charge in [-0.2, -0.15) is 10.1 Å². The fourth-order valence-corrected chi connectivity index (χ4v) is 1.43. The van der Waals surface area contributed by atoms with Crippen LogP contribution in [0.15, 0.2) is 10.9 Å². The fraction of sp³-hybridized carbons (Fsp3) is 0.300. The van der Waals surface area contributed by atoms with Gasteiger partial charge in [0.05, 0.1) is 12.2 Å². The smallest absolute Gasteiger partial charge is 0.339 e. The van der Waals surface area contributed by atoms with Gasteiger partial charge < -0.3 is 14.9 Å². The maximum atomic E-state index is 11.2. The molecule has 0 aliphatic heterocycles. The largest absolute Gasteiger partial charge is 0.478 e. The summed E-state index contributed by atoms with van der Waals surface area (Å²) in [6.07, 6.45) is 1.20. The number of hydrogen-bond donors (Lipinski definition) is 2. The van der Waals surface area contributed by atoms with Gasteiger partial charge in [-0.15, -0.1) is 5.10 Å². The molecule has 0 radical (unpaired) electrons. The molecule has 0 aliphatic rings. The Bertz CT molecular complexity index is 567. The Hall–Kier alpha value is -2.51. The van der Waals surface area contributed by atoms with Crippen molar-refractivity contribution >= 4 is 11.8 Å². The number of carboxylic acids is 1. The Kier molecular flexibility index (Phi) is 3.18. The molecule has 2 aromatic rings. The highest BCUT2D eigenvalue weighted by atomic mass is 16.5. The second-order valence-electron chi connectivity index (χ2n) is 3.64. The highest BCUT2D eigenvalue weighted by Crippen LogP contribution is 2.18. The van der Waals surface area contributed by atoms with Crippen molar-refractivity contribution in [2.24, 2.45) is 0 Å². The van der Waals surface area contributed by atoms with Crippen LogP contribution in [0.1, 0.15) is 27.4 Å². The van der Waals surface area contributed by atoms with Crippen LogP contribution in [0.3, 0.4) is 0 Å². The summed E-state index contributed by atoms with van der Waals surface area (Å²) < 4.78 is 4.57. The number of carboxylic acid groups (broad SMARTS) is 1. The molecule has 18 heavy (non-hydrogen) atoms. The van der Waals surface area contributed by atoms with Crippen LogP contribution in [-0.4, -0.2) is 31.4 Å². The molecule has 0 unspecified atom stereocenters. The monoisotopic (exact) mass is 249 g/mol. The summed E-state index contributed by atoms with van der Waals surface area (Å²) in [6, 6.07) is 0. The fourth-order valence-electron chi connectivity index (χ4n) is 1.43. The zero-order chi connectivity index (χ0) is 13.1. The normalized spacial score (nSPS) is 10.3. The molecule has 2 rings (SSSR count). The first kappa shape index (κ1) is 12.0.